The molecule has 0 aliphatic heterocycles. The number of hydrogen-bond donors (Lipinski definition) is 1. The van der Waals surface area contributed by atoms with Crippen LogP contribution in [0.1, 0.15) is 11.1 Å². The third kappa shape index (κ3) is 2.49. The molecule has 0 aliphatic carbocycles. The lowest BCUT2D eigenvalue weighted by molar-refractivity contribution is 0.621. The molecule has 0 spiro atoms. The van der Waals surface area contributed by atoms with E-state index in [4.69, 9.17) is 5.26 Å². The average Bonchev–Trinajstić information content (AvgIpc) is 2.36. The molecule has 3 nitrogen and oxygen atoms in total. The molecule has 0 aliphatic rings. The number of nitrogens with one attached hydrogen (secondary N) is 1. The molecule has 1 N–H and O–H groups in total. The Morgan fingerprint density at radius 2 is 2.22 bits per heavy atom. The molecule has 0 fully saturated rings. The number of hydrogen-bond acceptors (Lipinski definition) is 3. The monoisotopic (exact) mass is 305 g/mol. The molecule has 0 bridgehead atoms. The molecule has 1 aromatic heterocycles. The minimum Gasteiger partial charge on any atom is -0.339 e. The largest absolute Gasteiger partial charge is 0.339 e. The summed E-state index contributed by atoms with van der Waals surface area (Å²) in [5.41, 5.74) is 1.86. The number of rotatable bonds is 2. The van der Waals surface area contributed by atoms with Gasteiger partial charge >= 0.3 is 0 Å². The van der Waals surface area contributed by atoms with Crippen LogP contribution >= 0.6 is 15.9 Å². The van der Waals surface area contributed by atoms with Gasteiger partial charge in [0.05, 0.1) is 10.0 Å². The Bertz CT molecular complexity index is 635. The summed E-state index contributed by atoms with van der Waals surface area (Å²) in [6, 6.07) is 8.41. The Morgan fingerprint density at radius 3 is 2.94 bits per heavy atom. The molecule has 18 heavy (non-hydrogen) atoms. The van der Waals surface area contributed by atoms with E-state index in [0.29, 0.717) is 21.5 Å². The van der Waals surface area contributed by atoms with Crippen LogP contribution < -0.4 is 5.32 Å². The molecule has 0 radical (unpaired) electrons. The lowest BCUT2D eigenvalue weighted by Crippen LogP contribution is -1.99. The zero-order valence-electron chi connectivity index (χ0n) is 9.54. The van der Waals surface area contributed by atoms with Crippen molar-refractivity contribution in [1.82, 2.24) is 4.98 Å². The molecule has 0 saturated carbocycles. The first-order valence-corrected chi connectivity index (χ1v) is 5.99. The Labute approximate surface area is 112 Å². The maximum atomic E-state index is 13.5. The van der Waals surface area contributed by atoms with Gasteiger partial charge in [0.25, 0.3) is 0 Å². The minimum absolute atomic E-state index is 0.363. The molecule has 0 unspecified atom stereocenters. The van der Waals surface area contributed by atoms with Crippen molar-refractivity contribution < 1.29 is 4.39 Å². The van der Waals surface area contributed by atoms with E-state index in [0.717, 1.165) is 5.56 Å². The van der Waals surface area contributed by atoms with Crippen molar-refractivity contribution in [3.05, 3.63) is 51.9 Å². The summed E-state index contributed by atoms with van der Waals surface area (Å²) in [5.74, 6) is 0.0577. The topological polar surface area (TPSA) is 48.7 Å². The van der Waals surface area contributed by atoms with Crippen molar-refractivity contribution in [1.29, 1.82) is 5.26 Å². The van der Waals surface area contributed by atoms with Crippen LogP contribution in [0.15, 0.2) is 34.9 Å². The Morgan fingerprint density at radius 1 is 1.44 bits per heavy atom. The Kier molecular flexibility index (Phi) is 3.58. The maximum absolute atomic E-state index is 13.5. The van der Waals surface area contributed by atoms with Crippen LogP contribution in [0.5, 0.6) is 0 Å². The first-order valence-electron chi connectivity index (χ1n) is 5.19. The van der Waals surface area contributed by atoms with E-state index in [-0.39, 0.29) is 5.82 Å². The normalized spacial score (nSPS) is 9.89. The van der Waals surface area contributed by atoms with Gasteiger partial charge in [-0.25, -0.2) is 9.37 Å². The number of pyridine rings is 1. The summed E-state index contributed by atoms with van der Waals surface area (Å²) in [4.78, 5) is 4.07. The van der Waals surface area contributed by atoms with Crippen LogP contribution in [0.25, 0.3) is 0 Å². The van der Waals surface area contributed by atoms with E-state index < -0.39 is 0 Å². The number of nitriles is 1. The summed E-state index contributed by atoms with van der Waals surface area (Å²) >= 11 is 3.12. The number of halogens is 2. The molecular formula is C13H9BrFN3. The van der Waals surface area contributed by atoms with Gasteiger partial charge in [0.15, 0.2) is 0 Å². The van der Waals surface area contributed by atoms with Gasteiger partial charge in [0, 0.05) is 11.9 Å². The van der Waals surface area contributed by atoms with Crippen LogP contribution in [-0.4, -0.2) is 4.98 Å². The second-order valence-electron chi connectivity index (χ2n) is 3.72. The van der Waals surface area contributed by atoms with E-state index in [1.54, 1.807) is 24.4 Å². The van der Waals surface area contributed by atoms with E-state index in [1.165, 1.54) is 6.07 Å². The fourth-order valence-corrected chi connectivity index (χ4v) is 1.96. The summed E-state index contributed by atoms with van der Waals surface area (Å²) in [7, 11) is 0. The lowest BCUT2D eigenvalue weighted by atomic mass is 10.2. The SMILES string of the molecule is Cc1cc(Br)c(F)cc1Nc1ncccc1C#N. The highest BCUT2D eigenvalue weighted by Gasteiger charge is 2.08. The zero-order chi connectivity index (χ0) is 13.1. The standard InChI is InChI=1S/C13H9BrFN3/c1-8-5-10(14)11(15)6-12(8)18-13-9(7-16)3-2-4-17-13/h2-6H,1H3,(H,17,18). The maximum Gasteiger partial charge on any atom is 0.148 e. The summed E-state index contributed by atoms with van der Waals surface area (Å²) < 4.78 is 13.9. The van der Waals surface area contributed by atoms with Gasteiger partial charge in [0.1, 0.15) is 17.7 Å². The number of aryl methyl sites for hydroxylation is 1. The van der Waals surface area contributed by atoms with E-state index in [1.807, 2.05) is 13.0 Å². The van der Waals surface area contributed by atoms with E-state index >= 15 is 0 Å². The molecule has 90 valence electrons. The third-order valence-electron chi connectivity index (χ3n) is 2.45. The van der Waals surface area contributed by atoms with Crippen LogP contribution in [-0.2, 0) is 0 Å². The van der Waals surface area contributed by atoms with Crippen molar-refractivity contribution >= 4 is 27.4 Å². The van der Waals surface area contributed by atoms with Gasteiger partial charge in [-0.05, 0) is 52.7 Å². The predicted molar refractivity (Wildman–Crippen MR) is 71.1 cm³/mol. The molecule has 1 heterocycles. The first kappa shape index (κ1) is 12.5. The summed E-state index contributed by atoms with van der Waals surface area (Å²) in [6.45, 7) is 1.85. The quantitative estimate of drug-likeness (QED) is 0.915. The smallest absolute Gasteiger partial charge is 0.148 e. The van der Waals surface area contributed by atoms with Gasteiger partial charge in [-0.3, -0.25) is 0 Å². The highest BCUT2D eigenvalue weighted by Crippen LogP contribution is 2.26. The van der Waals surface area contributed by atoms with Crippen molar-refractivity contribution in [2.75, 3.05) is 5.32 Å². The number of anilines is 2. The van der Waals surface area contributed by atoms with E-state index in [9.17, 15) is 4.39 Å². The average molecular weight is 306 g/mol. The fraction of sp³-hybridized carbons (Fsp3) is 0.0769. The molecule has 1 aromatic carbocycles. The first-order chi connectivity index (χ1) is 8.61. The number of aromatic nitrogens is 1. The molecule has 5 heteroatoms. The van der Waals surface area contributed by atoms with Gasteiger partial charge in [0.2, 0.25) is 0 Å². The minimum atomic E-state index is -0.363. The molecular weight excluding hydrogens is 297 g/mol. The van der Waals surface area contributed by atoms with Crippen molar-refractivity contribution in [3.8, 4) is 6.07 Å². The second kappa shape index (κ2) is 5.15. The number of nitrogens with zero attached hydrogens (tertiary/aromatic N) is 2. The third-order valence-corrected chi connectivity index (χ3v) is 3.06. The van der Waals surface area contributed by atoms with Crippen molar-refractivity contribution in [2.45, 2.75) is 6.92 Å². The van der Waals surface area contributed by atoms with Crippen LogP contribution in [0.3, 0.4) is 0 Å². The lowest BCUT2D eigenvalue weighted by Gasteiger charge is -2.10. The van der Waals surface area contributed by atoms with E-state index in [2.05, 4.69) is 26.2 Å². The Hall–Kier alpha value is -1.93. The van der Waals surface area contributed by atoms with Crippen LogP contribution in [0, 0.1) is 24.1 Å². The summed E-state index contributed by atoms with van der Waals surface area (Å²) in [6.07, 6.45) is 1.58. The van der Waals surface area contributed by atoms with Crippen molar-refractivity contribution in [3.63, 3.8) is 0 Å². The van der Waals surface area contributed by atoms with Gasteiger partial charge in [-0.2, -0.15) is 5.26 Å². The molecule has 2 aromatic rings. The predicted octanol–water partition coefficient (Wildman–Crippen LogP) is 3.91. The molecule has 0 atom stereocenters. The van der Waals surface area contributed by atoms with Crippen LogP contribution in [0.2, 0.25) is 0 Å². The highest BCUT2D eigenvalue weighted by atomic mass is 79.9. The highest BCUT2D eigenvalue weighted by molar-refractivity contribution is 9.10. The molecule has 0 amide bonds. The Balaban J connectivity index is 2.41. The fourth-order valence-electron chi connectivity index (χ4n) is 1.50. The number of benzene rings is 1. The zero-order valence-corrected chi connectivity index (χ0v) is 11.1. The van der Waals surface area contributed by atoms with Crippen molar-refractivity contribution in [2.24, 2.45) is 0 Å². The van der Waals surface area contributed by atoms with Gasteiger partial charge < -0.3 is 5.32 Å². The molecule has 2 rings (SSSR count). The summed E-state index contributed by atoms with van der Waals surface area (Å²) in [5, 5.41) is 11.9. The second-order valence-corrected chi connectivity index (χ2v) is 4.57. The van der Waals surface area contributed by atoms with Gasteiger partial charge in [-0.15, -0.1) is 0 Å². The van der Waals surface area contributed by atoms with Gasteiger partial charge in [-0.1, -0.05) is 0 Å². The molecule has 0 saturated heterocycles. The van der Waals surface area contributed by atoms with Crippen LogP contribution in [0.4, 0.5) is 15.9 Å².